The Morgan fingerprint density at radius 3 is 2.14 bits per heavy atom. The van der Waals surface area contributed by atoms with E-state index in [1.165, 1.54) is 32.6 Å². The third kappa shape index (κ3) is 4.67. The first-order valence-electron chi connectivity index (χ1n) is 14.3. The molecule has 0 N–H and O–H groups in total. The molecule has 0 saturated carbocycles. The number of fused-ring (bicyclic) bond motifs is 8. The van der Waals surface area contributed by atoms with Gasteiger partial charge in [-0.3, -0.25) is 4.40 Å². The maximum absolute atomic E-state index is 5.13. The molecule has 0 fully saturated rings. The fourth-order valence-corrected chi connectivity index (χ4v) is 5.91. The molecule has 5 aromatic carbocycles. The standard InChI is InChI=1S/C27H16N3.C12H10N.Ir/c1-2-9-18(10-3-1)23-17-29-24-15-6-4-11-19(24)21-13-8-14-22-20-12-5-7-16-25(20)30(26(21)22)27(29)28-23;1-10-7-8-12(13-9-10)11-5-3-2-4-6-11;/h1-15,17H;2-5,7-9H,1H3;/q2*-1;. The van der Waals surface area contributed by atoms with Crippen LogP contribution in [0, 0.1) is 19.1 Å². The second-order valence-electron chi connectivity index (χ2n) is 10.6. The molecule has 0 atom stereocenters. The summed E-state index contributed by atoms with van der Waals surface area (Å²) in [6.45, 7) is 2.03. The molecule has 0 aliphatic heterocycles. The molecule has 44 heavy (non-hydrogen) atoms. The van der Waals surface area contributed by atoms with Gasteiger partial charge in [0.15, 0.2) is 0 Å². The number of aryl methyl sites for hydroxylation is 1. The molecule has 0 bridgehead atoms. The van der Waals surface area contributed by atoms with E-state index in [0.717, 1.165) is 39.3 Å². The van der Waals surface area contributed by atoms with E-state index in [0.29, 0.717) is 0 Å². The Kier molecular flexibility index (Phi) is 7.27. The van der Waals surface area contributed by atoms with E-state index in [4.69, 9.17) is 4.98 Å². The number of para-hydroxylation sites is 3. The smallest absolute Gasteiger partial charge is 0.218 e. The topological polar surface area (TPSA) is 34.6 Å². The second-order valence-corrected chi connectivity index (χ2v) is 10.6. The maximum atomic E-state index is 5.13. The SMILES string of the molecule is Cc1ccc(-c2[c-]cccc2)nc1.[Ir].[c-]1cccc2c3cccc4c5ccccc5n5cc(-c6ccccc6)nc5n(c12)c43. The Bertz CT molecular complexity index is 2390. The molecule has 213 valence electrons. The number of hydrogen-bond acceptors (Lipinski definition) is 2. The van der Waals surface area contributed by atoms with Crippen molar-refractivity contribution >= 4 is 43.9 Å². The first-order valence-corrected chi connectivity index (χ1v) is 14.3. The molecular weight excluding hydrogens is 717 g/mol. The number of rotatable bonds is 2. The van der Waals surface area contributed by atoms with Gasteiger partial charge in [0.2, 0.25) is 5.78 Å². The zero-order valence-electron chi connectivity index (χ0n) is 23.9. The molecule has 0 amide bonds. The van der Waals surface area contributed by atoms with Crippen LogP contribution in [0.25, 0.3) is 66.4 Å². The Morgan fingerprint density at radius 1 is 0.614 bits per heavy atom. The first-order chi connectivity index (χ1) is 21.3. The van der Waals surface area contributed by atoms with Crippen molar-refractivity contribution in [3.8, 4) is 22.5 Å². The van der Waals surface area contributed by atoms with Crippen molar-refractivity contribution < 1.29 is 20.1 Å². The van der Waals surface area contributed by atoms with E-state index < -0.39 is 0 Å². The summed E-state index contributed by atoms with van der Waals surface area (Å²) in [6, 6.07) is 50.3. The monoisotopic (exact) mass is 743 g/mol. The zero-order valence-corrected chi connectivity index (χ0v) is 26.3. The van der Waals surface area contributed by atoms with Crippen LogP contribution in [0.15, 0.2) is 140 Å². The minimum Gasteiger partial charge on any atom is -0.304 e. The summed E-state index contributed by atoms with van der Waals surface area (Å²) < 4.78 is 4.49. The third-order valence-corrected chi connectivity index (χ3v) is 7.91. The van der Waals surface area contributed by atoms with Gasteiger partial charge < -0.3 is 9.38 Å². The van der Waals surface area contributed by atoms with Crippen molar-refractivity contribution in [2.75, 3.05) is 0 Å². The van der Waals surface area contributed by atoms with Gasteiger partial charge in [-0.05, 0) is 29.6 Å². The summed E-state index contributed by atoms with van der Waals surface area (Å²) >= 11 is 0. The van der Waals surface area contributed by atoms with Gasteiger partial charge in [-0.2, -0.15) is 24.3 Å². The summed E-state index contributed by atoms with van der Waals surface area (Å²) in [5, 5.41) is 4.86. The molecule has 0 aliphatic rings. The maximum Gasteiger partial charge on any atom is 0.218 e. The molecule has 0 aliphatic carbocycles. The van der Waals surface area contributed by atoms with Gasteiger partial charge in [0, 0.05) is 48.8 Å². The quantitative estimate of drug-likeness (QED) is 0.166. The molecule has 0 saturated heterocycles. The number of aromatic nitrogens is 4. The van der Waals surface area contributed by atoms with Gasteiger partial charge in [-0.15, -0.1) is 41.3 Å². The fraction of sp³-hybridized carbons (Fsp3) is 0.0256. The van der Waals surface area contributed by atoms with Crippen LogP contribution in [0.3, 0.4) is 0 Å². The van der Waals surface area contributed by atoms with Gasteiger partial charge in [-0.25, -0.2) is 4.98 Å². The second kappa shape index (κ2) is 11.5. The van der Waals surface area contributed by atoms with Crippen LogP contribution in [-0.4, -0.2) is 18.8 Å². The van der Waals surface area contributed by atoms with Gasteiger partial charge in [0.25, 0.3) is 0 Å². The Labute approximate surface area is 268 Å². The molecule has 4 heterocycles. The molecule has 0 spiro atoms. The third-order valence-electron chi connectivity index (χ3n) is 7.91. The number of benzene rings is 5. The van der Waals surface area contributed by atoms with Crippen molar-refractivity contribution in [2.24, 2.45) is 0 Å². The summed E-state index contributed by atoms with van der Waals surface area (Å²) in [4.78, 5) is 9.45. The van der Waals surface area contributed by atoms with E-state index >= 15 is 0 Å². The number of nitrogens with zero attached hydrogens (tertiary/aromatic N) is 4. The summed E-state index contributed by atoms with van der Waals surface area (Å²) in [5.41, 5.74) is 8.66. The van der Waals surface area contributed by atoms with Gasteiger partial charge >= 0.3 is 0 Å². The van der Waals surface area contributed by atoms with Crippen molar-refractivity contribution in [1.82, 2.24) is 18.8 Å². The van der Waals surface area contributed by atoms with Crippen molar-refractivity contribution in [3.05, 3.63) is 157 Å². The molecule has 9 rings (SSSR count). The van der Waals surface area contributed by atoms with Crippen LogP contribution in [0.4, 0.5) is 0 Å². The summed E-state index contributed by atoms with van der Waals surface area (Å²) in [6.07, 6.45) is 4.02. The summed E-state index contributed by atoms with van der Waals surface area (Å²) in [5.74, 6) is 0.897. The van der Waals surface area contributed by atoms with E-state index in [1.54, 1.807) is 0 Å². The average Bonchev–Trinajstić information content (AvgIpc) is 3.63. The normalized spacial score (nSPS) is 11.1. The molecule has 5 heteroatoms. The summed E-state index contributed by atoms with van der Waals surface area (Å²) in [7, 11) is 0. The zero-order chi connectivity index (χ0) is 28.8. The van der Waals surface area contributed by atoms with Gasteiger partial charge in [0.1, 0.15) is 0 Å². The van der Waals surface area contributed by atoms with Gasteiger partial charge in [0.05, 0.1) is 16.7 Å². The minimum atomic E-state index is 0. The first kappa shape index (κ1) is 27.7. The largest absolute Gasteiger partial charge is 0.304 e. The van der Waals surface area contributed by atoms with Gasteiger partial charge in [-0.1, -0.05) is 84.4 Å². The van der Waals surface area contributed by atoms with Crippen LogP contribution < -0.4 is 0 Å². The molecule has 1 radical (unpaired) electrons. The average molecular weight is 743 g/mol. The van der Waals surface area contributed by atoms with E-state index in [9.17, 15) is 0 Å². The van der Waals surface area contributed by atoms with Crippen LogP contribution in [0.5, 0.6) is 0 Å². The minimum absolute atomic E-state index is 0. The fourth-order valence-electron chi connectivity index (χ4n) is 5.91. The predicted octanol–water partition coefficient (Wildman–Crippen LogP) is 9.37. The van der Waals surface area contributed by atoms with E-state index in [1.807, 2.05) is 55.6 Å². The Balaban J connectivity index is 0.000000189. The number of pyridine rings is 1. The predicted molar refractivity (Wildman–Crippen MR) is 176 cm³/mol. The Morgan fingerprint density at radius 2 is 1.34 bits per heavy atom. The Hall–Kier alpha value is -5.09. The van der Waals surface area contributed by atoms with Crippen LogP contribution >= 0.6 is 0 Å². The molecular formula is C39H26IrN4-2. The molecule has 4 nitrogen and oxygen atoms in total. The van der Waals surface area contributed by atoms with Crippen molar-refractivity contribution in [1.29, 1.82) is 0 Å². The molecule has 4 aromatic heterocycles. The van der Waals surface area contributed by atoms with Crippen LogP contribution in [-0.2, 0) is 20.1 Å². The van der Waals surface area contributed by atoms with Crippen LogP contribution in [0.2, 0.25) is 0 Å². The number of imidazole rings is 1. The molecule has 0 unspecified atom stereocenters. The van der Waals surface area contributed by atoms with Crippen molar-refractivity contribution in [2.45, 2.75) is 6.92 Å². The molecule has 9 aromatic rings. The van der Waals surface area contributed by atoms with E-state index in [2.05, 4.69) is 117 Å². The van der Waals surface area contributed by atoms with E-state index in [-0.39, 0.29) is 20.1 Å². The van der Waals surface area contributed by atoms with Crippen LogP contribution in [0.1, 0.15) is 5.56 Å². The van der Waals surface area contributed by atoms with Crippen molar-refractivity contribution in [3.63, 3.8) is 0 Å². The number of hydrogen-bond donors (Lipinski definition) is 0.